The highest BCUT2D eigenvalue weighted by Gasteiger charge is 2.25. The molecule has 74 valence electrons. The van der Waals surface area contributed by atoms with Gasteiger partial charge in [0.1, 0.15) is 0 Å². The van der Waals surface area contributed by atoms with Gasteiger partial charge in [0.2, 0.25) is 0 Å². The van der Waals surface area contributed by atoms with Crippen LogP contribution < -0.4 is 0 Å². The Kier molecular flexibility index (Phi) is 4.26. The molecule has 0 spiro atoms. The van der Waals surface area contributed by atoms with E-state index in [1.54, 1.807) is 0 Å². The predicted molar refractivity (Wildman–Crippen MR) is 39.3 cm³/mol. The minimum atomic E-state index is -4.47. The molecular formula is C3H10O7SSi. The van der Waals surface area contributed by atoms with Crippen molar-refractivity contribution in [2.24, 2.45) is 0 Å². The quantitative estimate of drug-likeness (QED) is 0.241. The van der Waals surface area contributed by atoms with Gasteiger partial charge in [-0.1, -0.05) is 0 Å². The second-order valence-corrected chi connectivity index (χ2v) is 5.27. The number of rotatable bonds is 5. The zero-order chi connectivity index (χ0) is 9.83. The zero-order valence-electron chi connectivity index (χ0n) is 6.04. The summed E-state index contributed by atoms with van der Waals surface area (Å²) in [6, 6.07) is -0.331. The smallest absolute Gasteiger partial charge is 0.390 e. The monoisotopic (exact) mass is 218 g/mol. The summed E-state index contributed by atoms with van der Waals surface area (Å²) in [5, 5.41) is 0. The van der Waals surface area contributed by atoms with Gasteiger partial charge in [-0.2, -0.15) is 8.42 Å². The Morgan fingerprint density at radius 1 is 1.25 bits per heavy atom. The molecule has 0 atom stereocenters. The van der Waals surface area contributed by atoms with E-state index in [4.69, 9.17) is 18.9 Å². The highest BCUT2D eigenvalue weighted by atomic mass is 32.3. The Hall–Kier alpha value is -0.0331. The Morgan fingerprint density at radius 2 is 1.75 bits per heavy atom. The van der Waals surface area contributed by atoms with Crippen molar-refractivity contribution in [3.05, 3.63) is 0 Å². The van der Waals surface area contributed by atoms with Crippen LogP contribution in [0.15, 0.2) is 0 Å². The Bertz CT molecular complexity index is 215. The van der Waals surface area contributed by atoms with Crippen molar-refractivity contribution in [1.82, 2.24) is 0 Å². The molecule has 7 nitrogen and oxygen atoms in total. The maximum atomic E-state index is 9.91. The number of hydrogen-bond acceptors (Lipinski definition) is 6. The van der Waals surface area contributed by atoms with Crippen LogP contribution in [0.1, 0.15) is 6.42 Å². The van der Waals surface area contributed by atoms with Gasteiger partial charge in [0.15, 0.2) is 0 Å². The van der Waals surface area contributed by atoms with Gasteiger partial charge in [-0.25, -0.2) is 4.18 Å². The fourth-order valence-electron chi connectivity index (χ4n) is 0.474. The van der Waals surface area contributed by atoms with Crippen LogP contribution in [0.2, 0.25) is 6.04 Å². The first kappa shape index (κ1) is 12.0. The van der Waals surface area contributed by atoms with Crippen molar-refractivity contribution >= 4 is 19.2 Å². The molecule has 0 aromatic carbocycles. The van der Waals surface area contributed by atoms with E-state index in [1.165, 1.54) is 0 Å². The first-order valence-electron chi connectivity index (χ1n) is 3.00. The molecule has 0 aromatic rings. The van der Waals surface area contributed by atoms with Crippen LogP contribution in [0, 0.1) is 0 Å². The second kappa shape index (κ2) is 4.27. The summed E-state index contributed by atoms with van der Waals surface area (Å²) in [6.45, 7) is -0.394. The molecule has 9 heteroatoms. The molecular weight excluding hydrogens is 208 g/mol. The maximum absolute atomic E-state index is 9.91. The number of hydrogen-bond donors (Lipinski definition) is 4. The third kappa shape index (κ3) is 9.97. The lowest BCUT2D eigenvalue weighted by atomic mass is 10.5. The van der Waals surface area contributed by atoms with Gasteiger partial charge in [0.25, 0.3) is 0 Å². The Morgan fingerprint density at radius 3 is 2.08 bits per heavy atom. The third-order valence-corrected chi connectivity index (χ3v) is 2.38. The molecule has 0 radical (unpaired) electrons. The van der Waals surface area contributed by atoms with Gasteiger partial charge in [0, 0.05) is 6.04 Å². The zero-order valence-corrected chi connectivity index (χ0v) is 7.86. The maximum Gasteiger partial charge on any atom is 0.492 e. The molecule has 0 heterocycles. The molecule has 0 fully saturated rings. The molecule has 0 aromatic heterocycles. The molecule has 0 bridgehead atoms. The van der Waals surface area contributed by atoms with E-state index in [9.17, 15) is 8.42 Å². The van der Waals surface area contributed by atoms with E-state index in [-0.39, 0.29) is 12.5 Å². The van der Waals surface area contributed by atoms with Crippen LogP contribution >= 0.6 is 0 Å². The fraction of sp³-hybridized carbons (Fsp3) is 1.00. The second-order valence-electron chi connectivity index (χ2n) is 2.13. The summed E-state index contributed by atoms with van der Waals surface area (Å²) in [6.07, 6.45) is -0.0600. The summed E-state index contributed by atoms with van der Waals surface area (Å²) in [4.78, 5) is 25.3. The fourth-order valence-corrected chi connectivity index (χ4v) is 1.42. The minimum Gasteiger partial charge on any atom is -0.390 e. The van der Waals surface area contributed by atoms with Gasteiger partial charge < -0.3 is 14.4 Å². The lowest BCUT2D eigenvalue weighted by Gasteiger charge is -2.07. The predicted octanol–water partition coefficient (Wildman–Crippen LogP) is -1.89. The van der Waals surface area contributed by atoms with Gasteiger partial charge >= 0.3 is 19.2 Å². The average molecular weight is 218 g/mol. The van der Waals surface area contributed by atoms with E-state index < -0.39 is 25.8 Å². The molecule has 12 heavy (non-hydrogen) atoms. The molecule has 0 saturated carbocycles. The lowest BCUT2D eigenvalue weighted by molar-refractivity contribution is 0.215. The molecule has 4 N–H and O–H groups in total. The van der Waals surface area contributed by atoms with Gasteiger partial charge in [-0.05, 0) is 6.42 Å². The van der Waals surface area contributed by atoms with Crippen molar-refractivity contribution in [2.45, 2.75) is 12.5 Å². The van der Waals surface area contributed by atoms with Gasteiger partial charge in [-0.15, -0.1) is 0 Å². The topological polar surface area (TPSA) is 124 Å². The van der Waals surface area contributed by atoms with Crippen LogP contribution in [0.25, 0.3) is 0 Å². The molecule has 0 amide bonds. The highest BCUT2D eigenvalue weighted by Crippen LogP contribution is 2.02. The molecule has 0 aliphatic rings. The largest absolute Gasteiger partial charge is 0.492 e. The molecule has 0 rings (SSSR count). The van der Waals surface area contributed by atoms with Crippen molar-refractivity contribution in [1.29, 1.82) is 0 Å². The molecule has 0 aliphatic carbocycles. The van der Waals surface area contributed by atoms with Crippen molar-refractivity contribution < 1.29 is 31.5 Å². The van der Waals surface area contributed by atoms with Crippen molar-refractivity contribution in [3.63, 3.8) is 0 Å². The molecule has 0 unspecified atom stereocenters. The van der Waals surface area contributed by atoms with Crippen LogP contribution in [-0.4, -0.2) is 42.8 Å². The van der Waals surface area contributed by atoms with Crippen LogP contribution in [0.5, 0.6) is 0 Å². The van der Waals surface area contributed by atoms with Crippen molar-refractivity contribution in [2.75, 3.05) is 6.61 Å². The Balaban J connectivity index is 3.48. The highest BCUT2D eigenvalue weighted by molar-refractivity contribution is 7.80. The van der Waals surface area contributed by atoms with Crippen LogP contribution in [0.3, 0.4) is 0 Å². The molecule has 0 aliphatic heterocycles. The third-order valence-electron chi connectivity index (χ3n) is 0.889. The first-order valence-corrected chi connectivity index (χ1v) is 6.41. The normalized spacial score (nSPS) is 13.3. The Labute approximate surface area is 70.6 Å². The van der Waals surface area contributed by atoms with Crippen LogP contribution in [0.4, 0.5) is 0 Å². The summed E-state index contributed by atoms with van der Waals surface area (Å²) < 4.78 is 31.7. The van der Waals surface area contributed by atoms with E-state index in [2.05, 4.69) is 4.18 Å². The van der Waals surface area contributed by atoms with Crippen molar-refractivity contribution in [3.8, 4) is 0 Å². The summed E-state index contributed by atoms with van der Waals surface area (Å²) in [5.74, 6) is 0. The standard InChI is InChI=1S/C3H10O7SSi/c4-11(5,6)10-2-1-3-12(7,8)9/h7-9H,1-3H2,(H,4,5,6). The van der Waals surface area contributed by atoms with E-state index in [0.717, 1.165) is 0 Å². The SMILES string of the molecule is O=S(=O)(O)OCCC[Si](O)(O)O. The lowest BCUT2D eigenvalue weighted by Crippen LogP contribution is -2.34. The van der Waals surface area contributed by atoms with E-state index in [1.807, 2.05) is 0 Å². The average Bonchev–Trinajstić information content (AvgIpc) is 1.76. The van der Waals surface area contributed by atoms with E-state index >= 15 is 0 Å². The first-order chi connectivity index (χ1) is 5.21. The summed E-state index contributed by atoms with van der Waals surface area (Å²) in [5.41, 5.74) is 0. The summed E-state index contributed by atoms with van der Waals surface area (Å²) >= 11 is 0. The van der Waals surface area contributed by atoms with Gasteiger partial charge in [-0.3, -0.25) is 4.55 Å². The van der Waals surface area contributed by atoms with Crippen LogP contribution in [-0.2, 0) is 14.6 Å². The molecule has 0 saturated heterocycles. The minimum absolute atomic E-state index is 0.0600. The summed E-state index contributed by atoms with van der Waals surface area (Å²) in [7, 11) is -8.58. The van der Waals surface area contributed by atoms with E-state index in [0.29, 0.717) is 0 Å². The van der Waals surface area contributed by atoms with Gasteiger partial charge in [0.05, 0.1) is 6.61 Å².